The highest BCUT2D eigenvalue weighted by Crippen LogP contribution is 2.64. The summed E-state index contributed by atoms with van der Waals surface area (Å²) in [6.45, 7) is -0.602. The van der Waals surface area contributed by atoms with E-state index in [9.17, 15) is 18.4 Å². The second-order valence-corrected chi connectivity index (χ2v) is 7.94. The first-order valence-electron chi connectivity index (χ1n) is 7.96. The number of rotatable bonds is 3. The topological polar surface area (TPSA) is 75.2 Å². The van der Waals surface area contributed by atoms with E-state index in [0.29, 0.717) is 15.1 Å². The number of halogens is 4. The number of benzene rings is 1. The fraction of sp³-hybridized carbons (Fsp3) is 0.294. The standard InChI is InChI=1S/C17H12BrClF2N4O2/c18-9-1-2-11-12(3-9)16(7-17(16,20)21)8-25(14(11)27)6-13(26)24-15-22-4-10(19)5-23-15/h1-5H,6-8H2,(H,22,23,24,26)/t16-/m1/s1. The molecule has 2 aliphatic rings. The molecule has 1 aliphatic heterocycles. The number of alkyl halides is 2. The van der Waals surface area contributed by atoms with Crippen molar-refractivity contribution in [2.45, 2.75) is 17.8 Å². The van der Waals surface area contributed by atoms with Crippen molar-refractivity contribution in [2.24, 2.45) is 0 Å². The molecule has 1 aromatic carbocycles. The van der Waals surface area contributed by atoms with Crippen LogP contribution in [0.25, 0.3) is 0 Å². The quantitative estimate of drug-likeness (QED) is 0.768. The molecule has 1 spiro atoms. The van der Waals surface area contributed by atoms with E-state index in [2.05, 4.69) is 31.2 Å². The van der Waals surface area contributed by atoms with Crippen LogP contribution in [0.2, 0.25) is 5.02 Å². The predicted molar refractivity (Wildman–Crippen MR) is 97.0 cm³/mol. The van der Waals surface area contributed by atoms with E-state index in [-0.39, 0.29) is 31.0 Å². The van der Waals surface area contributed by atoms with Crippen molar-refractivity contribution in [1.29, 1.82) is 0 Å². The second-order valence-electron chi connectivity index (χ2n) is 6.59. The maximum atomic E-state index is 14.2. The Morgan fingerprint density at radius 3 is 2.63 bits per heavy atom. The van der Waals surface area contributed by atoms with Gasteiger partial charge in [0, 0.05) is 23.0 Å². The molecule has 1 saturated carbocycles. The Balaban J connectivity index is 1.57. The molecule has 0 saturated heterocycles. The number of fused-ring (bicyclic) bond motifs is 2. The maximum Gasteiger partial charge on any atom is 0.260 e. The monoisotopic (exact) mass is 456 g/mol. The molecule has 2 heterocycles. The number of hydrogen-bond acceptors (Lipinski definition) is 4. The van der Waals surface area contributed by atoms with Gasteiger partial charge in [0.1, 0.15) is 6.54 Å². The molecular weight excluding hydrogens is 446 g/mol. The van der Waals surface area contributed by atoms with Crippen molar-refractivity contribution < 1.29 is 18.4 Å². The summed E-state index contributed by atoms with van der Waals surface area (Å²) < 4.78 is 29.1. The minimum absolute atomic E-state index is 0.0182. The first kappa shape index (κ1) is 18.2. The molecule has 10 heteroatoms. The Hall–Kier alpha value is -2.13. The zero-order valence-electron chi connectivity index (χ0n) is 13.7. The highest BCUT2D eigenvalue weighted by molar-refractivity contribution is 9.10. The Labute approximate surface area is 166 Å². The minimum Gasteiger partial charge on any atom is -0.328 e. The van der Waals surface area contributed by atoms with Crippen LogP contribution < -0.4 is 5.32 Å². The van der Waals surface area contributed by atoms with Gasteiger partial charge < -0.3 is 4.90 Å². The van der Waals surface area contributed by atoms with Crippen LogP contribution in [0.3, 0.4) is 0 Å². The SMILES string of the molecule is O=C(CN1C[C@]2(CC2(F)F)c2cc(Br)ccc2C1=O)Nc1ncc(Cl)cn1. The predicted octanol–water partition coefficient (Wildman–Crippen LogP) is 3.26. The van der Waals surface area contributed by atoms with E-state index in [0.717, 1.165) is 4.90 Å². The number of anilines is 1. The van der Waals surface area contributed by atoms with Crippen molar-refractivity contribution in [3.8, 4) is 0 Å². The van der Waals surface area contributed by atoms with Crippen LogP contribution in [0.4, 0.5) is 14.7 Å². The third kappa shape index (κ3) is 3.08. The Bertz CT molecular complexity index is 956. The van der Waals surface area contributed by atoms with Gasteiger partial charge in [0.15, 0.2) is 0 Å². The van der Waals surface area contributed by atoms with E-state index in [1.165, 1.54) is 18.5 Å². The van der Waals surface area contributed by atoms with Gasteiger partial charge in [-0.3, -0.25) is 14.9 Å². The van der Waals surface area contributed by atoms with Crippen LogP contribution in [0.15, 0.2) is 35.1 Å². The van der Waals surface area contributed by atoms with Crippen molar-refractivity contribution in [2.75, 3.05) is 18.4 Å². The lowest BCUT2D eigenvalue weighted by Crippen LogP contribution is -2.48. The van der Waals surface area contributed by atoms with Gasteiger partial charge in [0.25, 0.3) is 11.8 Å². The van der Waals surface area contributed by atoms with Crippen molar-refractivity contribution >= 4 is 45.3 Å². The number of amides is 2. The number of aromatic nitrogens is 2. The van der Waals surface area contributed by atoms with Crippen LogP contribution in [-0.2, 0) is 10.2 Å². The van der Waals surface area contributed by atoms with E-state index in [1.807, 2.05) is 0 Å². The largest absolute Gasteiger partial charge is 0.328 e. The van der Waals surface area contributed by atoms with Crippen LogP contribution in [0.5, 0.6) is 0 Å². The van der Waals surface area contributed by atoms with E-state index in [1.54, 1.807) is 12.1 Å². The van der Waals surface area contributed by atoms with Gasteiger partial charge in [-0.2, -0.15) is 0 Å². The van der Waals surface area contributed by atoms with Crippen molar-refractivity contribution in [3.05, 3.63) is 51.2 Å². The van der Waals surface area contributed by atoms with Gasteiger partial charge in [0.2, 0.25) is 11.9 Å². The summed E-state index contributed by atoms with van der Waals surface area (Å²) in [6.07, 6.45) is 2.27. The van der Waals surface area contributed by atoms with Crippen LogP contribution in [-0.4, -0.2) is 45.7 Å². The van der Waals surface area contributed by atoms with E-state index >= 15 is 0 Å². The molecule has 1 aliphatic carbocycles. The molecule has 2 amide bonds. The molecule has 4 rings (SSSR count). The van der Waals surface area contributed by atoms with Gasteiger partial charge in [-0.05, 0) is 23.8 Å². The number of carbonyl (C=O) groups excluding carboxylic acids is 2. The van der Waals surface area contributed by atoms with Crippen LogP contribution in [0, 0.1) is 0 Å². The molecule has 0 unspecified atom stereocenters. The van der Waals surface area contributed by atoms with Gasteiger partial charge in [-0.15, -0.1) is 0 Å². The lowest BCUT2D eigenvalue weighted by Gasteiger charge is -2.34. The van der Waals surface area contributed by atoms with Crippen LogP contribution in [0.1, 0.15) is 22.3 Å². The Morgan fingerprint density at radius 2 is 2.00 bits per heavy atom. The molecule has 27 heavy (non-hydrogen) atoms. The molecule has 140 valence electrons. The maximum absolute atomic E-state index is 14.2. The number of nitrogens with one attached hydrogen (secondary N) is 1. The number of carbonyl (C=O) groups is 2. The fourth-order valence-electron chi connectivity index (χ4n) is 3.39. The Kier molecular flexibility index (Phi) is 4.19. The normalized spacial score (nSPS) is 22.5. The lowest BCUT2D eigenvalue weighted by molar-refractivity contribution is -0.117. The molecule has 2 aromatic rings. The molecule has 1 N–H and O–H groups in total. The highest BCUT2D eigenvalue weighted by atomic mass is 79.9. The number of nitrogens with zero attached hydrogens (tertiary/aromatic N) is 3. The molecular formula is C17H12BrClF2N4O2. The third-order valence-corrected chi connectivity index (χ3v) is 5.47. The minimum atomic E-state index is -2.92. The molecule has 0 bridgehead atoms. The summed E-state index contributed by atoms with van der Waals surface area (Å²) in [5.74, 6) is -3.94. The third-order valence-electron chi connectivity index (χ3n) is 4.78. The molecule has 1 atom stereocenters. The smallest absolute Gasteiger partial charge is 0.260 e. The zero-order chi connectivity index (χ0) is 19.4. The average molecular weight is 458 g/mol. The number of hydrogen-bond donors (Lipinski definition) is 1. The average Bonchev–Trinajstić information content (AvgIpc) is 3.16. The van der Waals surface area contributed by atoms with Gasteiger partial charge in [-0.1, -0.05) is 27.5 Å². The fourth-order valence-corrected chi connectivity index (χ4v) is 3.85. The van der Waals surface area contributed by atoms with Crippen molar-refractivity contribution in [1.82, 2.24) is 14.9 Å². The summed E-state index contributed by atoms with van der Waals surface area (Å²) in [7, 11) is 0. The van der Waals surface area contributed by atoms with Crippen molar-refractivity contribution in [3.63, 3.8) is 0 Å². The summed E-state index contributed by atoms with van der Waals surface area (Å²) in [5.41, 5.74) is -0.932. The van der Waals surface area contributed by atoms with Gasteiger partial charge >= 0.3 is 0 Å². The van der Waals surface area contributed by atoms with E-state index < -0.39 is 23.2 Å². The summed E-state index contributed by atoms with van der Waals surface area (Å²) >= 11 is 8.95. The Morgan fingerprint density at radius 1 is 1.33 bits per heavy atom. The zero-order valence-corrected chi connectivity index (χ0v) is 16.0. The molecule has 1 fully saturated rings. The molecule has 6 nitrogen and oxygen atoms in total. The van der Waals surface area contributed by atoms with Crippen LogP contribution >= 0.6 is 27.5 Å². The molecule has 1 aromatic heterocycles. The van der Waals surface area contributed by atoms with Gasteiger partial charge in [-0.25, -0.2) is 18.7 Å². The highest BCUT2D eigenvalue weighted by Gasteiger charge is 2.74. The summed E-state index contributed by atoms with van der Waals surface area (Å²) in [5, 5.41) is 2.74. The lowest BCUT2D eigenvalue weighted by atomic mass is 9.86. The summed E-state index contributed by atoms with van der Waals surface area (Å²) in [4.78, 5) is 33.8. The second kappa shape index (κ2) is 6.20. The van der Waals surface area contributed by atoms with Gasteiger partial charge in [0.05, 0.1) is 22.8 Å². The molecule has 0 radical (unpaired) electrons. The summed E-state index contributed by atoms with van der Waals surface area (Å²) in [6, 6.07) is 4.69. The first-order valence-corrected chi connectivity index (χ1v) is 9.13. The first-order chi connectivity index (χ1) is 12.7. The van der Waals surface area contributed by atoms with E-state index in [4.69, 9.17) is 11.6 Å².